The zero-order valence-electron chi connectivity index (χ0n) is 9.57. The van der Waals surface area contributed by atoms with Crippen LogP contribution in [0.1, 0.15) is 0 Å². The summed E-state index contributed by atoms with van der Waals surface area (Å²) in [5, 5.41) is -1.24. The molecular weight excluding hydrogens is 321 g/mol. The van der Waals surface area contributed by atoms with Crippen molar-refractivity contribution in [2.24, 2.45) is 0 Å². The summed E-state index contributed by atoms with van der Waals surface area (Å²) in [6.07, 6.45) is 0.698. The van der Waals surface area contributed by atoms with Crippen LogP contribution < -0.4 is 4.72 Å². The van der Waals surface area contributed by atoms with E-state index in [1.165, 1.54) is 12.1 Å². The molecule has 1 N–H and O–H groups in total. The molecule has 7 nitrogen and oxygen atoms in total. The van der Waals surface area contributed by atoms with E-state index in [4.69, 9.17) is 0 Å². The summed E-state index contributed by atoms with van der Waals surface area (Å²) >= 11 is 0. The van der Waals surface area contributed by atoms with E-state index < -0.39 is 45.8 Å². The van der Waals surface area contributed by atoms with Crippen LogP contribution in [0.5, 0.6) is 0 Å². The van der Waals surface area contributed by atoms with E-state index in [-0.39, 0.29) is 0 Å². The Morgan fingerprint density at radius 2 is 1.58 bits per heavy atom. The Morgan fingerprint density at radius 3 is 2.05 bits per heavy atom. The fraction of sp³-hybridized carbons (Fsp3) is 0.250. The van der Waals surface area contributed by atoms with Crippen molar-refractivity contribution in [1.29, 1.82) is 0 Å². The van der Waals surface area contributed by atoms with Gasteiger partial charge in [0.05, 0.1) is 5.69 Å². The quantitative estimate of drug-likeness (QED) is 0.765. The highest BCUT2D eigenvalue weighted by Crippen LogP contribution is 2.23. The second-order valence-electron chi connectivity index (χ2n) is 3.69. The average Bonchev–Trinajstić information content (AvgIpc) is 2.11. The maximum Gasteiger partial charge on any atom is 0.334 e. The van der Waals surface area contributed by atoms with Crippen LogP contribution in [0.15, 0.2) is 29.2 Å². The Balaban J connectivity index is 3.22. The van der Waals surface area contributed by atoms with Crippen molar-refractivity contribution in [2.75, 3.05) is 16.1 Å². The minimum Gasteiger partial charge on any atom is -0.281 e. The second-order valence-corrected chi connectivity index (χ2v) is 9.24. The van der Waals surface area contributed by atoms with Crippen molar-refractivity contribution in [3.8, 4) is 0 Å². The number of hydrogen-bond donors (Lipinski definition) is 1. The molecule has 11 heteroatoms. The number of nitrogens with one attached hydrogen (secondary N) is 1. The summed E-state index contributed by atoms with van der Waals surface area (Å²) in [4.78, 5) is -0.882. The lowest BCUT2D eigenvalue weighted by molar-refractivity contribution is 0.552. The highest BCUT2D eigenvalue weighted by molar-refractivity contribution is 8.08. The third-order valence-corrected chi connectivity index (χ3v) is 6.15. The van der Waals surface area contributed by atoms with Crippen LogP contribution in [0, 0.1) is 0 Å². The van der Waals surface area contributed by atoms with Gasteiger partial charge in [0.15, 0.2) is 14.9 Å². The zero-order chi connectivity index (χ0) is 14.9. The maximum atomic E-state index is 12.9. The molecular formula is C8H10FNO6S3. The van der Waals surface area contributed by atoms with Gasteiger partial charge in [0.2, 0.25) is 10.0 Å². The molecule has 108 valence electrons. The molecule has 0 radical (unpaired) electrons. The number of anilines is 1. The number of sulfonamides is 1. The smallest absolute Gasteiger partial charge is 0.281 e. The van der Waals surface area contributed by atoms with Crippen LogP contribution in [0.25, 0.3) is 0 Å². The van der Waals surface area contributed by atoms with Gasteiger partial charge in [-0.05, 0) is 12.1 Å². The third-order valence-electron chi connectivity index (χ3n) is 1.78. The highest BCUT2D eigenvalue weighted by Gasteiger charge is 2.23. The van der Waals surface area contributed by atoms with Crippen molar-refractivity contribution in [3.05, 3.63) is 24.3 Å². The van der Waals surface area contributed by atoms with Crippen LogP contribution in [0.2, 0.25) is 0 Å². The predicted octanol–water partition coefficient (Wildman–Crippen LogP) is 0.0886. The highest BCUT2D eigenvalue weighted by atomic mass is 32.3. The van der Waals surface area contributed by atoms with Crippen molar-refractivity contribution in [3.63, 3.8) is 0 Å². The Morgan fingerprint density at radius 1 is 1.05 bits per heavy atom. The van der Waals surface area contributed by atoms with Gasteiger partial charge in [-0.25, -0.2) is 16.8 Å². The first kappa shape index (κ1) is 15.9. The molecule has 0 aromatic heterocycles. The van der Waals surface area contributed by atoms with Gasteiger partial charge in [0.25, 0.3) is 0 Å². The largest absolute Gasteiger partial charge is 0.334 e. The Kier molecular flexibility index (Phi) is 4.22. The fourth-order valence-electron chi connectivity index (χ4n) is 1.24. The van der Waals surface area contributed by atoms with Gasteiger partial charge in [-0.1, -0.05) is 12.1 Å². The third kappa shape index (κ3) is 5.12. The summed E-state index contributed by atoms with van der Waals surface area (Å²) in [7, 11) is -13.3. The number of rotatable bonds is 5. The molecule has 0 aliphatic heterocycles. The summed E-state index contributed by atoms with van der Waals surface area (Å²) < 4.78 is 81.0. The lowest BCUT2D eigenvalue weighted by Gasteiger charge is -2.09. The minimum atomic E-state index is -5.13. The second kappa shape index (κ2) is 5.06. The van der Waals surface area contributed by atoms with E-state index in [1.54, 1.807) is 4.72 Å². The number of halogens is 1. The lowest BCUT2D eigenvalue weighted by atomic mass is 10.3. The van der Waals surface area contributed by atoms with Gasteiger partial charge in [-0.3, -0.25) is 4.72 Å². The first-order valence-electron chi connectivity index (χ1n) is 4.63. The van der Waals surface area contributed by atoms with Gasteiger partial charge in [0.1, 0.15) is 4.90 Å². The Labute approximate surface area is 110 Å². The minimum absolute atomic E-state index is 0.548. The maximum absolute atomic E-state index is 12.9. The number of benzene rings is 1. The summed E-state index contributed by atoms with van der Waals surface area (Å²) in [5.41, 5.74) is -0.548. The van der Waals surface area contributed by atoms with E-state index in [0.29, 0.717) is 6.26 Å². The molecule has 0 aliphatic rings. The summed E-state index contributed by atoms with van der Waals surface area (Å²) in [5.74, 6) is 0. The van der Waals surface area contributed by atoms with Crippen molar-refractivity contribution in [2.45, 2.75) is 4.90 Å². The van der Waals surface area contributed by atoms with E-state index in [9.17, 15) is 29.1 Å². The lowest BCUT2D eigenvalue weighted by Crippen LogP contribution is -2.23. The fourth-order valence-corrected chi connectivity index (χ4v) is 4.93. The van der Waals surface area contributed by atoms with Gasteiger partial charge in [-0.2, -0.15) is 8.42 Å². The monoisotopic (exact) mass is 331 g/mol. The summed E-state index contributed by atoms with van der Waals surface area (Å²) in [6.45, 7) is 0. The Hall–Kier alpha value is -1.20. The van der Waals surface area contributed by atoms with E-state index in [0.717, 1.165) is 12.1 Å². The molecule has 1 rings (SSSR count). The molecule has 0 saturated carbocycles. The zero-order valence-corrected chi connectivity index (χ0v) is 12.0. The van der Waals surface area contributed by atoms with Gasteiger partial charge < -0.3 is 0 Å². The van der Waals surface area contributed by atoms with Gasteiger partial charge in [0, 0.05) is 6.26 Å². The number of hydrogen-bond acceptors (Lipinski definition) is 6. The molecule has 0 saturated heterocycles. The molecule has 0 spiro atoms. The molecule has 0 bridgehead atoms. The molecule has 19 heavy (non-hydrogen) atoms. The van der Waals surface area contributed by atoms with E-state index in [1.807, 2.05) is 0 Å². The Bertz CT molecular complexity index is 782. The molecule has 0 aliphatic carbocycles. The standard InChI is InChI=1S/C8H10FNO6S3/c1-17(11,12)6-18(13,14)10-7-4-2-3-5-8(7)19(9,15)16/h2-5,10H,6H2,1H3. The van der Waals surface area contributed by atoms with Crippen molar-refractivity contribution < 1.29 is 29.1 Å². The molecule has 1 aromatic carbocycles. The number of para-hydroxylation sites is 1. The summed E-state index contributed by atoms with van der Waals surface area (Å²) in [6, 6.07) is 4.33. The molecule has 0 unspecified atom stereocenters. The predicted molar refractivity (Wildman–Crippen MR) is 67.0 cm³/mol. The first-order chi connectivity index (χ1) is 8.41. The molecule has 0 heterocycles. The first-order valence-corrected chi connectivity index (χ1v) is 9.72. The molecule has 1 aromatic rings. The molecule has 0 fully saturated rings. The van der Waals surface area contributed by atoms with Crippen LogP contribution in [-0.4, -0.2) is 36.6 Å². The van der Waals surface area contributed by atoms with Crippen LogP contribution in [0.3, 0.4) is 0 Å². The molecule has 0 amide bonds. The number of sulfone groups is 1. The van der Waals surface area contributed by atoms with Gasteiger partial charge in [-0.15, -0.1) is 3.89 Å². The van der Waals surface area contributed by atoms with Crippen LogP contribution in [-0.2, 0) is 30.1 Å². The van der Waals surface area contributed by atoms with Crippen LogP contribution in [0.4, 0.5) is 9.57 Å². The molecule has 0 atom stereocenters. The van der Waals surface area contributed by atoms with Crippen LogP contribution >= 0.6 is 0 Å². The van der Waals surface area contributed by atoms with E-state index >= 15 is 0 Å². The van der Waals surface area contributed by atoms with Crippen molar-refractivity contribution in [1.82, 2.24) is 0 Å². The normalized spacial score (nSPS) is 13.2. The SMILES string of the molecule is CS(=O)(=O)CS(=O)(=O)Nc1ccccc1S(=O)(=O)F. The topological polar surface area (TPSA) is 114 Å². The van der Waals surface area contributed by atoms with E-state index in [2.05, 4.69) is 0 Å². The van der Waals surface area contributed by atoms with Gasteiger partial charge >= 0.3 is 10.2 Å². The average molecular weight is 331 g/mol. The van der Waals surface area contributed by atoms with Crippen molar-refractivity contribution >= 4 is 35.8 Å².